The largest absolute Gasteiger partial charge is 0.507 e. The molecule has 9 heteroatoms. The topological polar surface area (TPSA) is 155 Å². The maximum absolute atomic E-state index is 13.9. The zero-order valence-electron chi connectivity index (χ0n) is 22.5. The maximum atomic E-state index is 13.9. The van der Waals surface area contributed by atoms with E-state index in [1.165, 1.54) is 11.0 Å². The van der Waals surface area contributed by atoms with Crippen molar-refractivity contribution in [3.05, 3.63) is 34.9 Å². The molecule has 0 bridgehead atoms. The number of Topliss-reactive ketones (excluding diaryl/α,β-unsaturated/α-hetero) is 4. The van der Waals surface area contributed by atoms with Crippen molar-refractivity contribution in [3.63, 3.8) is 0 Å². The standard InChI is InChI=1S/C29H36N2O7/c1-13(2)7-6-8-14(3)16-9-10-19(32)21-17(16)11-15-12-18-23(31(4)5)25(34)22(28(30)37)27(36)29(18,38)26(35)20(15)24(21)33/h8-10,13,15,18,20,22-23,32,38H,6-7,11-12H2,1-5H3,(H2,30,37). The SMILES string of the molecule is CC(=CCCC(C)C)c1ccc(O)c2c1CC1CC3C(N(C)C)C(=O)C(C(N)=O)C(=O)C3(O)C(=O)C1C2=O. The van der Waals surface area contributed by atoms with E-state index in [0.717, 1.165) is 24.0 Å². The van der Waals surface area contributed by atoms with Gasteiger partial charge in [-0.3, -0.25) is 28.9 Å². The monoisotopic (exact) mass is 524 g/mol. The number of rotatable bonds is 6. The Labute approximate surface area is 222 Å². The highest BCUT2D eigenvalue weighted by molar-refractivity contribution is 6.32. The molecule has 0 aromatic heterocycles. The maximum Gasteiger partial charge on any atom is 0.235 e. The van der Waals surface area contributed by atoms with Gasteiger partial charge in [0.2, 0.25) is 5.91 Å². The average molecular weight is 525 g/mol. The summed E-state index contributed by atoms with van der Waals surface area (Å²) >= 11 is 0. The third-order valence-corrected chi connectivity index (χ3v) is 8.56. The molecule has 0 heterocycles. The predicted octanol–water partition coefficient (Wildman–Crippen LogP) is 1.71. The molecule has 0 spiro atoms. The Bertz CT molecular complexity index is 1260. The normalized spacial score (nSPS) is 31.4. The number of hydrogen-bond donors (Lipinski definition) is 3. The molecule has 1 aromatic rings. The molecule has 4 rings (SSSR count). The number of phenols is 1. The van der Waals surface area contributed by atoms with Gasteiger partial charge in [-0.25, -0.2) is 0 Å². The van der Waals surface area contributed by atoms with E-state index >= 15 is 0 Å². The first-order chi connectivity index (χ1) is 17.7. The van der Waals surface area contributed by atoms with Crippen LogP contribution in [0.15, 0.2) is 18.2 Å². The van der Waals surface area contributed by atoms with Gasteiger partial charge < -0.3 is 15.9 Å². The number of nitrogens with zero attached hydrogens (tertiary/aromatic N) is 1. The van der Waals surface area contributed by atoms with Crippen molar-refractivity contribution >= 4 is 34.6 Å². The van der Waals surface area contributed by atoms with Crippen LogP contribution >= 0.6 is 0 Å². The molecule has 9 nitrogen and oxygen atoms in total. The fourth-order valence-electron chi connectivity index (χ4n) is 6.72. The molecule has 1 aromatic carbocycles. The van der Waals surface area contributed by atoms with Crippen LogP contribution in [-0.4, -0.2) is 69.9 Å². The lowest BCUT2D eigenvalue weighted by atomic mass is 9.52. The lowest BCUT2D eigenvalue weighted by molar-refractivity contribution is -0.181. The fourth-order valence-corrected chi connectivity index (χ4v) is 6.72. The molecular weight excluding hydrogens is 488 g/mol. The Morgan fingerprint density at radius 3 is 2.42 bits per heavy atom. The molecule has 204 valence electrons. The summed E-state index contributed by atoms with van der Waals surface area (Å²) in [6.45, 7) is 6.22. The number of aliphatic hydroxyl groups is 1. The number of hydrogen-bond acceptors (Lipinski definition) is 8. The number of primary amides is 1. The summed E-state index contributed by atoms with van der Waals surface area (Å²) in [5, 5.41) is 22.3. The number of ketones is 4. The van der Waals surface area contributed by atoms with Gasteiger partial charge in [-0.15, -0.1) is 0 Å². The molecule has 38 heavy (non-hydrogen) atoms. The summed E-state index contributed by atoms with van der Waals surface area (Å²) < 4.78 is 0. The van der Waals surface area contributed by atoms with Crippen molar-refractivity contribution in [2.24, 2.45) is 35.3 Å². The van der Waals surface area contributed by atoms with Crippen molar-refractivity contribution < 1.29 is 34.2 Å². The number of benzene rings is 1. The zero-order chi connectivity index (χ0) is 28.3. The Kier molecular flexibility index (Phi) is 7.22. The number of amides is 1. The minimum atomic E-state index is -2.71. The van der Waals surface area contributed by atoms with Crippen molar-refractivity contribution in [1.82, 2.24) is 4.90 Å². The second kappa shape index (κ2) is 9.85. The van der Waals surface area contributed by atoms with Gasteiger partial charge >= 0.3 is 0 Å². The molecule has 6 atom stereocenters. The first-order valence-corrected chi connectivity index (χ1v) is 13.1. The molecule has 4 N–H and O–H groups in total. The van der Waals surface area contributed by atoms with E-state index in [0.29, 0.717) is 11.5 Å². The molecule has 3 aliphatic rings. The van der Waals surface area contributed by atoms with E-state index in [-0.39, 0.29) is 24.2 Å². The highest BCUT2D eigenvalue weighted by Crippen LogP contribution is 2.51. The summed E-state index contributed by atoms with van der Waals surface area (Å²) in [4.78, 5) is 67.7. The molecule has 0 radical (unpaired) electrons. The van der Waals surface area contributed by atoms with Gasteiger partial charge in [0.25, 0.3) is 0 Å². The van der Waals surface area contributed by atoms with Gasteiger partial charge in [-0.05, 0) is 81.3 Å². The van der Waals surface area contributed by atoms with E-state index < -0.39 is 64.4 Å². The molecular formula is C29H36N2O7. The van der Waals surface area contributed by atoms with Gasteiger partial charge in [0.05, 0.1) is 17.5 Å². The van der Waals surface area contributed by atoms with E-state index in [9.17, 15) is 34.2 Å². The Morgan fingerprint density at radius 2 is 1.84 bits per heavy atom. The van der Waals surface area contributed by atoms with Crippen LogP contribution in [0.1, 0.15) is 61.5 Å². The number of nitrogens with two attached hydrogens (primary N) is 1. The first-order valence-electron chi connectivity index (χ1n) is 13.1. The van der Waals surface area contributed by atoms with Crippen LogP contribution in [0.25, 0.3) is 5.57 Å². The fraction of sp³-hybridized carbons (Fsp3) is 0.552. The Hall–Kier alpha value is -3.17. The summed E-state index contributed by atoms with van der Waals surface area (Å²) in [5.74, 6) is -9.78. The number of fused-ring (bicyclic) bond motifs is 3. The van der Waals surface area contributed by atoms with Crippen LogP contribution in [0.4, 0.5) is 0 Å². The van der Waals surface area contributed by atoms with Gasteiger partial charge in [-0.2, -0.15) is 0 Å². The van der Waals surface area contributed by atoms with E-state index in [2.05, 4.69) is 19.9 Å². The minimum Gasteiger partial charge on any atom is -0.507 e. The van der Waals surface area contributed by atoms with Crippen molar-refractivity contribution in [3.8, 4) is 5.75 Å². The molecule has 2 fully saturated rings. The van der Waals surface area contributed by atoms with Crippen LogP contribution in [0, 0.1) is 29.6 Å². The van der Waals surface area contributed by atoms with Gasteiger partial charge in [0.15, 0.2) is 34.7 Å². The number of phenolic OH excluding ortho intramolecular Hbond substituents is 1. The Balaban J connectivity index is 1.82. The number of aromatic hydroxyl groups is 1. The zero-order valence-corrected chi connectivity index (χ0v) is 22.5. The molecule has 1 amide bonds. The quantitative estimate of drug-likeness (QED) is 0.475. The smallest absolute Gasteiger partial charge is 0.235 e. The van der Waals surface area contributed by atoms with Gasteiger partial charge in [-0.1, -0.05) is 26.0 Å². The third kappa shape index (κ3) is 4.12. The van der Waals surface area contributed by atoms with Crippen LogP contribution in [0.3, 0.4) is 0 Å². The molecule has 6 unspecified atom stereocenters. The average Bonchev–Trinajstić information content (AvgIpc) is 2.80. The highest BCUT2D eigenvalue weighted by atomic mass is 16.3. The lowest BCUT2D eigenvalue weighted by Gasteiger charge is -2.52. The van der Waals surface area contributed by atoms with Crippen LogP contribution in [0.5, 0.6) is 5.75 Å². The minimum absolute atomic E-state index is 0.0192. The number of allylic oxidation sites excluding steroid dienone is 2. The molecule has 0 aliphatic heterocycles. The molecule has 2 saturated carbocycles. The summed E-state index contributed by atoms with van der Waals surface area (Å²) in [5.41, 5.74) is 5.03. The third-order valence-electron chi connectivity index (χ3n) is 8.56. The van der Waals surface area contributed by atoms with E-state index in [4.69, 9.17) is 5.73 Å². The van der Waals surface area contributed by atoms with Crippen LogP contribution in [0.2, 0.25) is 0 Å². The van der Waals surface area contributed by atoms with E-state index in [1.807, 2.05) is 6.92 Å². The van der Waals surface area contributed by atoms with E-state index in [1.54, 1.807) is 20.2 Å². The van der Waals surface area contributed by atoms with Crippen molar-refractivity contribution in [1.29, 1.82) is 0 Å². The molecule has 3 aliphatic carbocycles. The lowest BCUT2D eigenvalue weighted by Crippen LogP contribution is -2.74. The van der Waals surface area contributed by atoms with Crippen molar-refractivity contribution in [2.75, 3.05) is 14.1 Å². The number of carbonyl (C=O) groups excluding carboxylic acids is 5. The Morgan fingerprint density at radius 1 is 1.18 bits per heavy atom. The van der Waals surface area contributed by atoms with Crippen molar-refractivity contribution in [2.45, 2.75) is 58.1 Å². The summed E-state index contributed by atoms with van der Waals surface area (Å²) in [7, 11) is 3.13. The number of likely N-dealkylation sites (N-methyl/N-ethyl adjacent to an activating group) is 1. The highest BCUT2D eigenvalue weighted by Gasteiger charge is 2.69. The van der Waals surface area contributed by atoms with Crippen LogP contribution < -0.4 is 5.73 Å². The molecule has 0 saturated heterocycles. The van der Waals surface area contributed by atoms with Gasteiger partial charge in [0.1, 0.15) is 5.75 Å². The second-order valence-corrected chi connectivity index (χ2v) is 11.6. The summed E-state index contributed by atoms with van der Waals surface area (Å²) in [6.07, 6.45) is 4.23. The second-order valence-electron chi connectivity index (χ2n) is 11.6. The summed E-state index contributed by atoms with van der Waals surface area (Å²) in [6, 6.07) is 2.07. The number of carbonyl (C=O) groups is 5. The van der Waals surface area contributed by atoms with Crippen LogP contribution in [-0.2, 0) is 25.6 Å². The predicted molar refractivity (Wildman–Crippen MR) is 139 cm³/mol. The van der Waals surface area contributed by atoms with Gasteiger partial charge in [0, 0.05) is 5.92 Å². The first kappa shape index (κ1) is 27.9.